The third-order valence-electron chi connectivity index (χ3n) is 6.91. The molecule has 2 aromatic carbocycles. The average Bonchev–Trinajstić information content (AvgIpc) is 2.89. The van der Waals surface area contributed by atoms with E-state index in [9.17, 15) is 35.9 Å². The first-order valence-corrected chi connectivity index (χ1v) is 14.1. The van der Waals surface area contributed by atoms with Crippen molar-refractivity contribution in [1.82, 2.24) is 0 Å². The quantitative estimate of drug-likeness (QED) is 0.227. The molecule has 43 heavy (non-hydrogen) atoms. The van der Waals surface area contributed by atoms with E-state index in [1.54, 1.807) is 6.92 Å². The molecule has 248 valence electrons. The Bertz CT molecular complexity index is 1120. The molecule has 0 fully saturated rings. The lowest BCUT2D eigenvalue weighted by molar-refractivity contribution is -0.236. The highest BCUT2D eigenvalue weighted by Crippen LogP contribution is 2.42. The largest absolute Gasteiger partial charge is 0.459 e. The molecular formula is C33H50F6O4. The Hall–Kier alpha value is -2.78. The summed E-state index contributed by atoms with van der Waals surface area (Å²) in [5, 5.41) is 2.69. The number of carbonyl (C=O) groups excluding carboxylic acids is 2. The van der Waals surface area contributed by atoms with Gasteiger partial charge in [0.25, 0.3) is 0 Å². The Morgan fingerprint density at radius 1 is 0.791 bits per heavy atom. The van der Waals surface area contributed by atoms with Crippen molar-refractivity contribution in [1.29, 1.82) is 0 Å². The van der Waals surface area contributed by atoms with Gasteiger partial charge in [0.2, 0.25) is 0 Å². The third-order valence-corrected chi connectivity index (χ3v) is 6.91. The molecule has 2 rings (SSSR count). The van der Waals surface area contributed by atoms with E-state index in [1.807, 2.05) is 0 Å². The fraction of sp³-hybridized carbons (Fsp3) is 0.636. The monoisotopic (exact) mass is 624 g/mol. The molecule has 0 aliphatic carbocycles. The maximum absolute atomic E-state index is 12.6. The van der Waals surface area contributed by atoms with E-state index in [2.05, 4.69) is 61.0 Å². The van der Waals surface area contributed by atoms with Crippen LogP contribution in [-0.2, 0) is 19.1 Å². The van der Waals surface area contributed by atoms with Crippen LogP contribution in [0.25, 0.3) is 10.8 Å². The van der Waals surface area contributed by atoms with Gasteiger partial charge in [-0.3, -0.25) is 9.59 Å². The normalized spacial score (nSPS) is 15.2. The number of esters is 2. The number of benzene rings is 2. The molecule has 0 heterocycles. The Kier molecular flexibility index (Phi) is 17.2. The lowest BCUT2D eigenvalue weighted by Gasteiger charge is -2.32. The average molecular weight is 625 g/mol. The van der Waals surface area contributed by atoms with Gasteiger partial charge >= 0.3 is 24.3 Å². The summed E-state index contributed by atoms with van der Waals surface area (Å²) in [6, 6.07) is 15.3. The smallest absolute Gasteiger partial charge is 0.425 e. The van der Waals surface area contributed by atoms with Gasteiger partial charge < -0.3 is 9.47 Å². The topological polar surface area (TPSA) is 52.6 Å². The minimum Gasteiger partial charge on any atom is -0.459 e. The summed E-state index contributed by atoms with van der Waals surface area (Å²) in [4.78, 5) is 22.3. The van der Waals surface area contributed by atoms with Gasteiger partial charge in [-0.2, -0.15) is 26.3 Å². The molecular weight excluding hydrogens is 574 g/mol. The van der Waals surface area contributed by atoms with Gasteiger partial charge in [-0.25, -0.2) is 0 Å². The van der Waals surface area contributed by atoms with Gasteiger partial charge in [-0.1, -0.05) is 84.5 Å². The van der Waals surface area contributed by atoms with Crippen molar-refractivity contribution in [2.75, 3.05) is 0 Å². The second-order valence-electron chi connectivity index (χ2n) is 11.5. The Morgan fingerprint density at radius 2 is 1.30 bits per heavy atom. The van der Waals surface area contributed by atoms with Crippen LogP contribution in [0, 0.1) is 11.3 Å². The molecule has 0 radical (unpaired) electrons. The molecule has 2 aromatic rings. The van der Waals surface area contributed by atoms with E-state index < -0.39 is 47.3 Å². The number of rotatable bonds is 7. The van der Waals surface area contributed by atoms with E-state index in [0.717, 1.165) is 13.8 Å². The van der Waals surface area contributed by atoms with Crippen molar-refractivity contribution in [3.05, 3.63) is 48.0 Å². The molecule has 4 nitrogen and oxygen atoms in total. The van der Waals surface area contributed by atoms with Crippen molar-refractivity contribution >= 4 is 22.7 Å². The maximum Gasteiger partial charge on any atom is 0.425 e. The zero-order valence-electron chi connectivity index (χ0n) is 26.3. The van der Waals surface area contributed by atoms with Crippen LogP contribution in [0.5, 0.6) is 0 Å². The minimum absolute atomic E-state index is 0. The minimum atomic E-state index is -4.58. The number of carbonyl (C=O) groups is 2. The van der Waals surface area contributed by atoms with Gasteiger partial charge in [0.05, 0.1) is 5.92 Å². The van der Waals surface area contributed by atoms with Crippen molar-refractivity contribution in [3.8, 4) is 0 Å². The van der Waals surface area contributed by atoms with Crippen LogP contribution in [0.2, 0.25) is 0 Å². The fourth-order valence-corrected chi connectivity index (χ4v) is 3.13. The Balaban J connectivity index is 0. The van der Waals surface area contributed by atoms with Crippen molar-refractivity contribution < 1.29 is 45.4 Å². The summed E-state index contributed by atoms with van der Waals surface area (Å²) < 4.78 is 82.6. The number of alkyl halides is 6. The van der Waals surface area contributed by atoms with Crippen molar-refractivity contribution in [2.24, 2.45) is 11.3 Å². The molecule has 0 aliphatic rings. The first kappa shape index (κ1) is 42.4. The second kappa shape index (κ2) is 17.5. The third kappa shape index (κ3) is 14.0. The van der Waals surface area contributed by atoms with E-state index in [1.165, 1.54) is 57.4 Å². The van der Waals surface area contributed by atoms with E-state index >= 15 is 0 Å². The van der Waals surface area contributed by atoms with E-state index in [4.69, 9.17) is 4.74 Å². The van der Waals surface area contributed by atoms with Crippen molar-refractivity contribution in [2.45, 2.75) is 126 Å². The summed E-state index contributed by atoms with van der Waals surface area (Å²) in [7, 11) is 0. The van der Waals surface area contributed by atoms with Gasteiger partial charge in [0, 0.05) is 0 Å². The van der Waals surface area contributed by atoms with Crippen LogP contribution in [0.15, 0.2) is 42.5 Å². The summed E-state index contributed by atoms with van der Waals surface area (Å²) in [5.41, 5.74) is -1.87. The van der Waals surface area contributed by atoms with Crippen molar-refractivity contribution in [3.63, 3.8) is 0 Å². The molecule has 0 saturated carbocycles. The van der Waals surface area contributed by atoms with Gasteiger partial charge in [0.1, 0.15) is 5.60 Å². The molecule has 0 N–H and O–H groups in total. The molecule has 4 unspecified atom stereocenters. The zero-order chi connectivity index (χ0) is 33.1. The van der Waals surface area contributed by atoms with Crippen LogP contribution in [0.1, 0.15) is 107 Å². The molecule has 4 atom stereocenters. The number of hydrogen-bond donors (Lipinski definition) is 0. The molecule has 10 heteroatoms. The predicted molar refractivity (Wildman–Crippen MR) is 161 cm³/mol. The van der Waals surface area contributed by atoms with Crippen LogP contribution in [0.3, 0.4) is 0 Å². The molecule has 0 aromatic heterocycles. The Morgan fingerprint density at radius 3 is 1.70 bits per heavy atom. The van der Waals surface area contributed by atoms with Crippen LogP contribution >= 0.6 is 0 Å². The summed E-state index contributed by atoms with van der Waals surface area (Å²) in [5.74, 6) is -1.83. The first-order valence-electron chi connectivity index (χ1n) is 14.1. The molecule has 0 spiro atoms. The summed E-state index contributed by atoms with van der Waals surface area (Å²) >= 11 is 0. The number of fused-ring (bicyclic) bond motifs is 1. The Labute approximate surface area is 253 Å². The fourth-order valence-electron chi connectivity index (χ4n) is 3.13. The SMILES string of the molecule is C.CCC(C)(C(=O)OC(C)(C)C)C(F)(F)F.CCC(C)C(=O)OC(C)C(F)(F)F.CCC(C)c1ccc2ccccc2c1. The number of halogens is 6. The first-order chi connectivity index (χ1) is 19.0. The molecule has 0 aliphatic heterocycles. The number of ether oxygens (including phenoxy) is 2. The van der Waals surface area contributed by atoms with Gasteiger partial charge in [-0.05, 0) is 76.1 Å². The summed E-state index contributed by atoms with van der Waals surface area (Å²) in [6.07, 6.45) is -9.71. The predicted octanol–water partition coefficient (Wildman–Crippen LogP) is 10.8. The van der Waals surface area contributed by atoms with Gasteiger partial charge in [0.15, 0.2) is 11.5 Å². The molecule has 0 amide bonds. The maximum atomic E-state index is 12.6. The molecule has 0 bridgehead atoms. The standard InChI is InChI=1S/C14H16.C10H17F3O2.C8H13F3O2.CH4/c1-3-11(2)13-9-8-12-6-4-5-7-14(12)10-13;1-6-9(5,10(11,12)13)7(14)15-8(2,3)4;1-4-5(2)7(12)13-6(3)8(9,10)11;/h4-11H,3H2,1-2H3;6H2,1-5H3;5-6H,4H2,1-3H3;1H4. The number of hydrogen-bond acceptors (Lipinski definition) is 4. The van der Waals surface area contributed by atoms with E-state index in [-0.39, 0.29) is 13.8 Å². The highest BCUT2D eigenvalue weighted by Gasteiger charge is 2.57. The van der Waals surface area contributed by atoms with Crippen LogP contribution < -0.4 is 0 Å². The van der Waals surface area contributed by atoms with Crippen LogP contribution in [-0.4, -0.2) is 36.0 Å². The van der Waals surface area contributed by atoms with Crippen LogP contribution in [0.4, 0.5) is 26.3 Å². The zero-order valence-corrected chi connectivity index (χ0v) is 26.3. The lowest BCUT2D eigenvalue weighted by atomic mass is 9.86. The highest BCUT2D eigenvalue weighted by molar-refractivity contribution is 5.83. The van der Waals surface area contributed by atoms with E-state index in [0.29, 0.717) is 12.3 Å². The highest BCUT2D eigenvalue weighted by atomic mass is 19.4. The second-order valence-corrected chi connectivity index (χ2v) is 11.5. The molecule has 0 saturated heterocycles. The lowest BCUT2D eigenvalue weighted by Crippen LogP contribution is -2.45. The summed E-state index contributed by atoms with van der Waals surface area (Å²) in [6.45, 7) is 15.4. The van der Waals surface area contributed by atoms with Gasteiger partial charge in [-0.15, -0.1) is 0 Å².